The summed E-state index contributed by atoms with van der Waals surface area (Å²) in [6.07, 6.45) is 0. The highest BCUT2D eigenvalue weighted by atomic mass is 16.5. The predicted molar refractivity (Wildman–Crippen MR) is 126 cm³/mol. The molecule has 0 saturated heterocycles. The largest absolute Gasteiger partial charge is 0.494 e. The average molecular weight is 434 g/mol. The highest BCUT2D eigenvalue weighted by molar-refractivity contribution is 6.04. The van der Waals surface area contributed by atoms with Crippen molar-refractivity contribution in [2.45, 2.75) is 13.8 Å². The van der Waals surface area contributed by atoms with Gasteiger partial charge in [0.1, 0.15) is 18.2 Å². The molecule has 2 heterocycles. The number of fused-ring (bicyclic) bond motifs is 2. The molecule has 2 aromatic carbocycles. The van der Waals surface area contributed by atoms with E-state index in [9.17, 15) is 5.11 Å². The van der Waals surface area contributed by atoms with E-state index in [4.69, 9.17) is 20.3 Å². The quantitative estimate of drug-likeness (QED) is 0.162. The van der Waals surface area contributed by atoms with Crippen LogP contribution in [0.5, 0.6) is 11.6 Å². The number of hydrogen-bond acceptors (Lipinski definition) is 6. The van der Waals surface area contributed by atoms with Crippen molar-refractivity contribution in [1.82, 2.24) is 20.3 Å². The fraction of sp³-hybridized carbons (Fsp3) is 0.250. The van der Waals surface area contributed by atoms with Crippen LogP contribution in [0.4, 0.5) is 0 Å². The van der Waals surface area contributed by atoms with Crippen LogP contribution in [0.1, 0.15) is 19.4 Å². The molecule has 166 valence electrons. The minimum Gasteiger partial charge on any atom is -0.494 e. The highest BCUT2D eigenvalue weighted by Crippen LogP contribution is 2.37. The molecule has 0 unspecified atom stereocenters. The Balaban J connectivity index is 1.63. The number of nitrogens with one attached hydrogen (secondary N) is 3. The molecule has 8 heteroatoms. The first-order chi connectivity index (χ1) is 15.5. The Morgan fingerprint density at radius 2 is 1.94 bits per heavy atom. The van der Waals surface area contributed by atoms with E-state index in [1.807, 2.05) is 35.8 Å². The van der Waals surface area contributed by atoms with E-state index in [1.165, 1.54) is 0 Å². The standard InChI is InChI=1S/C24H27N5O3/c1-3-29(4-2)11-12-32-17-7-10-19-15(13-17)5-9-21(26-19)22-18-14-16(23(25)28-31)6-8-20(18)27-24(22)30/h5-10,13-14,27,30-31H,3-4,11-12H2,1-2H3,(H2,25,28). The van der Waals surface area contributed by atoms with Crippen molar-refractivity contribution in [1.29, 1.82) is 5.41 Å². The van der Waals surface area contributed by atoms with Gasteiger partial charge < -0.3 is 19.7 Å². The number of hydrogen-bond donors (Lipinski definition) is 5. The van der Waals surface area contributed by atoms with E-state index in [2.05, 4.69) is 23.7 Å². The molecule has 0 spiro atoms. The first-order valence-electron chi connectivity index (χ1n) is 10.6. The fourth-order valence-corrected chi connectivity index (χ4v) is 3.82. The van der Waals surface area contributed by atoms with Crippen LogP contribution in [-0.4, -0.2) is 57.3 Å². The Morgan fingerprint density at radius 3 is 2.69 bits per heavy atom. The van der Waals surface area contributed by atoms with Crippen LogP contribution in [0, 0.1) is 5.41 Å². The van der Waals surface area contributed by atoms with Gasteiger partial charge in [0.25, 0.3) is 0 Å². The second-order valence-corrected chi connectivity index (χ2v) is 7.52. The molecule has 0 radical (unpaired) electrons. The molecule has 4 aromatic rings. The van der Waals surface area contributed by atoms with Crippen molar-refractivity contribution in [3.63, 3.8) is 0 Å². The number of aromatic nitrogens is 2. The van der Waals surface area contributed by atoms with E-state index >= 15 is 0 Å². The van der Waals surface area contributed by atoms with Crippen molar-refractivity contribution in [2.75, 3.05) is 26.2 Å². The third-order valence-electron chi connectivity index (χ3n) is 5.67. The van der Waals surface area contributed by atoms with Crippen molar-refractivity contribution < 1.29 is 15.1 Å². The van der Waals surface area contributed by atoms with Crippen LogP contribution in [0.3, 0.4) is 0 Å². The predicted octanol–water partition coefficient (Wildman–Crippen LogP) is 4.11. The van der Waals surface area contributed by atoms with Crippen LogP contribution in [0.2, 0.25) is 0 Å². The maximum atomic E-state index is 10.5. The third-order valence-corrected chi connectivity index (χ3v) is 5.67. The van der Waals surface area contributed by atoms with Crippen LogP contribution in [-0.2, 0) is 0 Å². The molecule has 0 saturated carbocycles. The molecule has 0 atom stereocenters. The highest BCUT2D eigenvalue weighted by Gasteiger charge is 2.16. The summed E-state index contributed by atoms with van der Waals surface area (Å²) in [6, 6.07) is 14.8. The van der Waals surface area contributed by atoms with E-state index in [0.29, 0.717) is 34.3 Å². The summed E-state index contributed by atoms with van der Waals surface area (Å²) < 4.78 is 5.91. The van der Waals surface area contributed by atoms with Gasteiger partial charge in [-0.25, -0.2) is 4.98 Å². The Morgan fingerprint density at radius 1 is 1.12 bits per heavy atom. The topological polar surface area (TPSA) is 117 Å². The van der Waals surface area contributed by atoms with Crippen LogP contribution >= 0.6 is 0 Å². The van der Waals surface area contributed by atoms with Gasteiger partial charge in [-0.2, -0.15) is 0 Å². The molecule has 0 aliphatic heterocycles. The van der Waals surface area contributed by atoms with Gasteiger partial charge in [0, 0.05) is 28.4 Å². The minimum absolute atomic E-state index is 0.00356. The Kier molecular flexibility index (Phi) is 6.25. The Labute approximate surface area is 185 Å². The first-order valence-corrected chi connectivity index (χ1v) is 10.6. The SMILES string of the molecule is CCN(CC)CCOc1ccc2nc(-c3c(O)[nH]c4ccc(C(=N)NO)cc34)ccc2c1. The lowest BCUT2D eigenvalue weighted by Crippen LogP contribution is -2.27. The molecule has 0 bridgehead atoms. The second kappa shape index (κ2) is 9.25. The van der Waals surface area contributed by atoms with Gasteiger partial charge in [-0.1, -0.05) is 19.9 Å². The van der Waals surface area contributed by atoms with E-state index < -0.39 is 0 Å². The van der Waals surface area contributed by atoms with Crippen LogP contribution in [0.25, 0.3) is 33.1 Å². The summed E-state index contributed by atoms with van der Waals surface area (Å²) in [4.78, 5) is 10.00. The van der Waals surface area contributed by atoms with Gasteiger partial charge in [0.2, 0.25) is 0 Å². The van der Waals surface area contributed by atoms with Gasteiger partial charge in [-0.3, -0.25) is 16.1 Å². The number of amidine groups is 1. The lowest BCUT2D eigenvalue weighted by molar-refractivity contribution is 0.223. The van der Waals surface area contributed by atoms with Gasteiger partial charge in [0.15, 0.2) is 5.88 Å². The summed E-state index contributed by atoms with van der Waals surface area (Å²) >= 11 is 0. The molecular weight excluding hydrogens is 406 g/mol. The van der Waals surface area contributed by atoms with Gasteiger partial charge in [-0.05, 0) is 55.6 Å². The summed E-state index contributed by atoms with van der Waals surface area (Å²) in [5, 5.41) is 29.0. The lowest BCUT2D eigenvalue weighted by atomic mass is 10.0. The number of benzene rings is 2. The number of H-pyrrole nitrogens is 1. The molecule has 0 aliphatic rings. The molecule has 32 heavy (non-hydrogen) atoms. The first kappa shape index (κ1) is 21.6. The van der Waals surface area contributed by atoms with Crippen molar-refractivity contribution >= 4 is 27.6 Å². The number of aromatic amines is 1. The molecule has 8 nitrogen and oxygen atoms in total. The summed E-state index contributed by atoms with van der Waals surface area (Å²) in [5.41, 5.74) is 5.00. The van der Waals surface area contributed by atoms with Gasteiger partial charge in [-0.15, -0.1) is 0 Å². The van der Waals surface area contributed by atoms with Gasteiger partial charge >= 0.3 is 0 Å². The van der Waals surface area contributed by atoms with Crippen molar-refractivity contribution in [3.8, 4) is 22.9 Å². The van der Waals surface area contributed by atoms with Gasteiger partial charge in [0.05, 0.1) is 16.8 Å². The van der Waals surface area contributed by atoms with Crippen molar-refractivity contribution in [3.05, 3.63) is 54.1 Å². The average Bonchev–Trinajstić information content (AvgIpc) is 3.15. The monoisotopic (exact) mass is 433 g/mol. The van der Waals surface area contributed by atoms with Crippen LogP contribution in [0.15, 0.2) is 48.5 Å². The van der Waals surface area contributed by atoms with E-state index in [1.54, 1.807) is 18.2 Å². The van der Waals surface area contributed by atoms with Crippen molar-refractivity contribution in [2.24, 2.45) is 0 Å². The second-order valence-electron chi connectivity index (χ2n) is 7.52. The number of rotatable bonds is 8. The maximum absolute atomic E-state index is 10.5. The Bertz CT molecular complexity index is 1260. The zero-order valence-corrected chi connectivity index (χ0v) is 18.1. The molecule has 0 amide bonds. The van der Waals surface area contributed by atoms with E-state index in [0.717, 1.165) is 36.3 Å². The number of pyridine rings is 1. The summed E-state index contributed by atoms with van der Waals surface area (Å²) in [5.74, 6) is 0.677. The number of likely N-dealkylation sites (N-methyl/N-ethyl adjacent to an activating group) is 1. The zero-order valence-electron chi connectivity index (χ0n) is 18.1. The smallest absolute Gasteiger partial charge is 0.199 e. The zero-order chi connectivity index (χ0) is 22.7. The number of nitrogens with zero attached hydrogens (tertiary/aromatic N) is 2. The molecule has 5 N–H and O–H groups in total. The normalized spacial score (nSPS) is 11.4. The molecule has 2 aromatic heterocycles. The molecular formula is C24H27N5O3. The maximum Gasteiger partial charge on any atom is 0.199 e. The number of ether oxygens (including phenoxy) is 1. The number of aromatic hydroxyl groups is 1. The number of hydroxylamine groups is 1. The van der Waals surface area contributed by atoms with Crippen LogP contribution < -0.4 is 10.2 Å². The minimum atomic E-state index is -0.126. The molecule has 0 fully saturated rings. The molecule has 0 aliphatic carbocycles. The fourth-order valence-electron chi connectivity index (χ4n) is 3.82. The Hall–Kier alpha value is -3.62. The van der Waals surface area contributed by atoms with E-state index in [-0.39, 0.29) is 11.7 Å². The lowest BCUT2D eigenvalue weighted by Gasteiger charge is -2.18. The summed E-state index contributed by atoms with van der Waals surface area (Å²) in [7, 11) is 0. The molecule has 4 rings (SSSR count). The summed E-state index contributed by atoms with van der Waals surface area (Å²) in [6.45, 7) is 7.80. The third kappa shape index (κ3) is 4.23.